The molecule has 1 amide bonds. The van der Waals surface area contributed by atoms with Gasteiger partial charge in [-0.15, -0.1) is 0 Å². The minimum Gasteiger partial charge on any atom is -0.492 e. The molecular weight excluding hydrogens is 492 g/mol. The number of aromatic amines is 2. The summed E-state index contributed by atoms with van der Waals surface area (Å²) in [5, 5.41) is 8.11. The number of likely N-dealkylation sites (tertiary alicyclic amines) is 1. The lowest BCUT2D eigenvalue weighted by Crippen LogP contribution is -2.25. The lowest BCUT2D eigenvalue weighted by molar-refractivity contribution is 0.102. The molecule has 0 bridgehead atoms. The molecule has 0 radical (unpaired) electrons. The second kappa shape index (κ2) is 11.0. The predicted molar refractivity (Wildman–Crippen MR) is 151 cm³/mol. The number of hydrogen-bond acceptors (Lipinski definition) is 5. The standard InChI is InChI=1S/C30H30N6O3/c37-29(23-17-32-36(20-23)19-21-6-2-1-3-7-21)33-24-16-26(30(38)31-18-24)28-15-22-14-25(8-9-27(22)34-28)39-13-12-35-10-4-5-11-35/h1-3,6-9,14-18,20,34H,4-5,10-13,19H2,(H,31,38)(H,33,37). The summed E-state index contributed by atoms with van der Waals surface area (Å²) in [6.45, 7) is 4.45. The van der Waals surface area contributed by atoms with Crippen molar-refractivity contribution in [2.75, 3.05) is 31.6 Å². The topological polar surface area (TPSA) is 108 Å². The van der Waals surface area contributed by atoms with Crippen LogP contribution in [0.25, 0.3) is 22.2 Å². The summed E-state index contributed by atoms with van der Waals surface area (Å²) < 4.78 is 7.70. The molecule has 4 heterocycles. The van der Waals surface area contributed by atoms with Crippen LogP contribution in [0.1, 0.15) is 28.8 Å². The summed E-state index contributed by atoms with van der Waals surface area (Å²) in [6, 6.07) is 19.4. The quantitative estimate of drug-likeness (QED) is 0.264. The van der Waals surface area contributed by atoms with Crippen LogP contribution < -0.4 is 15.6 Å². The number of H-pyrrole nitrogens is 2. The number of carbonyl (C=O) groups excluding carboxylic acids is 1. The van der Waals surface area contributed by atoms with Crippen LogP contribution in [0.15, 0.2) is 84.0 Å². The zero-order valence-corrected chi connectivity index (χ0v) is 21.5. The van der Waals surface area contributed by atoms with E-state index in [1.807, 2.05) is 54.6 Å². The third kappa shape index (κ3) is 5.78. The van der Waals surface area contributed by atoms with Gasteiger partial charge in [-0.2, -0.15) is 5.10 Å². The number of nitrogens with zero attached hydrogens (tertiary/aromatic N) is 3. The van der Waals surface area contributed by atoms with Crippen LogP contribution in [0, 0.1) is 0 Å². The van der Waals surface area contributed by atoms with Crippen LogP contribution >= 0.6 is 0 Å². The fraction of sp³-hybridized carbons (Fsp3) is 0.233. The highest BCUT2D eigenvalue weighted by Gasteiger charge is 2.14. The monoisotopic (exact) mass is 522 g/mol. The third-order valence-corrected chi connectivity index (χ3v) is 7.00. The van der Waals surface area contributed by atoms with Gasteiger partial charge >= 0.3 is 0 Å². The Morgan fingerprint density at radius 1 is 1.05 bits per heavy atom. The Bertz CT molecular complexity index is 1650. The molecule has 5 aromatic rings. The highest BCUT2D eigenvalue weighted by atomic mass is 16.5. The first-order valence-corrected chi connectivity index (χ1v) is 13.2. The molecule has 1 aliphatic heterocycles. The van der Waals surface area contributed by atoms with Crippen molar-refractivity contribution in [1.82, 2.24) is 24.6 Å². The number of aromatic nitrogens is 4. The van der Waals surface area contributed by atoms with E-state index >= 15 is 0 Å². The lowest BCUT2D eigenvalue weighted by atomic mass is 10.1. The van der Waals surface area contributed by atoms with Gasteiger partial charge in [-0.05, 0) is 61.8 Å². The molecule has 0 saturated carbocycles. The average molecular weight is 523 g/mol. The van der Waals surface area contributed by atoms with Gasteiger partial charge < -0.3 is 20.0 Å². The van der Waals surface area contributed by atoms with Crippen LogP contribution in [-0.2, 0) is 6.54 Å². The molecule has 39 heavy (non-hydrogen) atoms. The van der Waals surface area contributed by atoms with Crippen molar-refractivity contribution < 1.29 is 9.53 Å². The first-order chi connectivity index (χ1) is 19.1. The van der Waals surface area contributed by atoms with E-state index in [1.54, 1.807) is 16.9 Å². The summed E-state index contributed by atoms with van der Waals surface area (Å²) in [4.78, 5) is 34.0. The Morgan fingerprint density at radius 3 is 2.74 bits per heavy atom. The molecule has 0 atom stereocenters. The molecule has 2 aromatic carbocycles. The number of amides is 1. The molecule has 3 N–H and O–H groups in total. The Balaban J connectivity index is 1.14. The molecule has 3 aromatic heterocycles. The number of fused-ring (bicyclic) bond motifs is 1. The van der Waals surface area contributed by atoms with E-state index in [1.165, 1.54) is 25.2 Å². The first-order valence-electron chi connectivity index (χ1n) is 13.2. The zero-order chi connectivity index (χ0) is 26.6. The van der Waals surface area contributed by atoms with Crippen LogP contribution in [-0.4, -0.2) is 56.8 Å². The zero-order valence-electron chi connectivity index (χ0n) is 21.5. The molecule has 1 aliphatic rings. The predicted octanol–water partition coefficient (Wildman–Crippen LogP) is 4.49. The molecule has 1 fully saturated rings. The average Bonchev–Trinajstić information content (AvgIpc) is 3.71. The van der Waals surface area contributed by atoms with Gasteiger partial charge in [-0.3, -0.25) is 19.2 Å². The fourth-order valence-corrected chi connectivity index (χ4v) is 4.94. The third-order valence-electron chi connectivity index (χ3n) is 7.00. The number of carbonyl (C=O) groups is 1. The van der Waals surface area contributed by atoms with Crippen LogP contribution in [0.4, 0.5) is 5.69 Å². The van der Waals surface area contributed by atoms with Gasteiger partial charge in [-0.1, -0.05) is 30.3 Å². The fourth-order valence-electron chi connectivity index (χ4n) is 4.94. The SMILES string of the molecule is O=C(Nc1c[nH]c(=O)c(-c2cc3cc(OCCN4CCCC4)ccc3[nH]2)c1)c1cnn(Cc2ccccc2)c1. The highest BCUT2D eigenvalue weighted by Crippen LogP contribution is 2.27. The smallest absolute Gasteiger partial charge is 0.258 e. The molecule has 1 saturated heterocycles. The molecule has 9 nitrogen and oxygen atoms in total. The Kier molecular flexibility index (Phi) is 6.97. The number of benzene rings is 2. The summed E-state index contributed by atoms with van der Waals surface area (Å²) in [7, 11) is 0. The van der Waals surface area contributed by atoms with Gasteiger partial charge in [-0.25, -0.2) is 0 Å². The van der Waals surface area contributed by atoms with Crippen LogP contribution in [0.2, 0.25) is 0 Å². The number of nitrogens with one attached hydrogen (secondary N) is 3. The summed E-state index contributed by atoms with van der Waals surface area (Å²) in [5.41, 5.74) is 3.75. The van der Waals surface area contributed by atoms with Crippen molar-refractivity contribution in [3.8, 4) is 17.0 Å². The number of anilines is 1. The Morgan fingerprint density at radius 2 is 1.90 bits per heavy atom. The van der Waals surface area contributed by atoms with E-state index in [-0.39, 0.29) is 11.5 Å². The minimum atomic E-state index is -0.306. The van der Waals surface area contributed by atoms with Gasteiger partial charge in [0.1, 0.15) is 12.4 Å². The molecule has 9 heteroatoms. The van der Waals surface area contributed by atoms with Crippen molar-refractivity contribution >= 4 is 22.5 Å². The van der Waals surface area contributed by atoms with E-state index in [0.29, 0.717) is 35.7 Å². The van der Waals surface area contributed by atoms with Gasteiger partial charge in [0, 0.05) is 29.8 Å². The maximum atomic E-state index is 12.9. The number of hydrogen-bond donors (Lipinski definition) is 3. The Labute approximate surface area is 225 Å². The van der Waals surface area contributed by atoms with Crippen molar-refractivity contribution in [1.29, 1.82) is 0 Å². The van der Waals surface area contributed by atoms with E-state index in [2.05, 4.69) is 25.3 Å². The second-order valence-corrected chi connectivity index (χ2v) is 9.83. The normalized spacial score (nSPS) is 13.6. The van der Waals surface area contributed by atoms with Crippen molar-refractivity contribution in [3.63, 3.8) is 0 Å². The molecule has 0 spiro atoms. The number of rotatable bonds is 9. The number of ether oxygens (including phenoxy) is 1. The van der Waals surface area contributed by atoms with E-state index in [9.17, 15) is 9.59 Å². The van der Waals surface area contributed by atoms with E-state index < -0.39 is 0 Å². The van der Waals surface area contributed by atoms with Crippen molar-refractivity contribution in [2.45, 2.75) is 19.4 Å². The lowest BCUT2D eigenvalue weighted by Gasteiger charge is -2.14. The molecule has 198 valence electrons. The van der Waals surface area contributed by atoms with Crippen molar-refractivity contribution in [3.05, 3.63) is 101 Å². The molecular formula is C30H30N6O3. The minimum absolute atomic E-state index is 0.252. The van der Waals surface area contributed by atoms with Gasteiger partial charge in [0.15, 0.2) is 0 Å². The summed E-state index contributed by atoms with van der Waals surface area (Å²) >= 11 is 0. The largest absolute Gasteiger partial charge is 0.492 e. The van der Waals surface area contributed by atoms with Gasteiger partial charge in [0.25, 0.3) is 11.5 Å². The Hall–Kier alpha value is -4.63. The van der Waals surface area contributed by atoms with Crippen molar-refractivity contribution in [2.24, 2.45) is 0 Å². The molecule has 0 aliphatic carbocycles. The maximum absolute atomic E-state index is 12.9. The van der Waals surface area contributed by atoms with Crippen LogP contribution in [0.3, 0.4) is 0 Å². The van der Waals surface area contributed by atoms with Crippen LogP contribution in [0.5, 0.6) is 5.75 Å². The second-order valence-electron chi connectivity index (χ2n) is 9.83. The highest BCUT2D eigenvalue weighted by molar-refractivity contribution is 6.04. The summed E-state index contributed by atoms with van der Waals surface area (Å²) in [5.74, 6) is 0.495. The maximum Gasteiger partial charge on any atom is 0.258 e. The van der Waals surface area contributed by atoms with E-state index in [0.717, 1.165) is 41.9 Å². The molecule has 0 unspecified atom stereocenters. The molecule has 6 rings (SSSR count). The van der Waals surface area contributed by atoms with Gasteiger partial charge in [0.2, 0.25) is 0 Å². The van der Waals surface area contributed by atoms with Gasteiger partial charge in [0.05, 0.1) is 35.2 Å². The summed E-state index contributed by atoms with van der Waals surface area (Å²) in [6.07, 6.45) is 7.26. The first kappa shape index (κ1) is 24.7. The number of pyridine rings is 1. The van der Waals surface area contributed by atoms with E-state index in [4.69, 9.17) is 4.74 Å².